The van der Waals surface area contributed by atoms with Crippen LogP contribution in [0.15, 0.2) is 185 Å². The molecule has 266 valence electrons. The highest BCUT2D eigenvalue weighted by Crippen LogP contribution is 2.44. The van der Waals surface area contributed by atoms with Gasteiger partial charge in [0.2, 0.25) is 0 Å². The Labute approximate surface area is 330 Å². The summed E-state index contributed by atoms with van der Waals surface area (Å²) in [6.45, 7) is 0. The van der Waals surface area contributed by atoms with E-state index in [4.69, 9.17) is 23.8 Å². The molecule has 0 bridgehead atoms. The van der Waals surface area contributed by atoms with Crippen molar-refractivity contribution in [3.05, 3.63) is 176 Å². The van der Waals surface area contributed by atoms with Gasteiger partial charge in [0.25, 0.3) is 0 Å². The van der Waals surface area contributed by atoms with Crippen LogP contribution < -0.4 is 0 Å². The first-order valence-electron chi connectivity index (χ1n) is 18.9. The molecule has 0 aliphatic rings. The molecule has 0 spiro atoms. The second kappa shape index (κ2) is 12.6. The van der Waals surface area contributed by atoms with Crippen molar-refractivity contribution in [1.29, 1.82) is 0 Å². The Kier molecular flexibility index (Phi) is 7.03. The van der Waals surface area contributed by atoms with E-state index >= 15 is 0 Å². The van der Waals surface area contributed by atoms with Crippen LogP contribution in [0.25, 0.3) is 120 Å². The molecule has 0 unspecified atom stereocenters. The Morgan fingerprint density at radius 3 is 1.53 bits per heavy atom. The second-order valence-electron chi connectivity index (χ2n) is 14.3. The van der Waals surface area contributed by atoms with Gasteiger partial charge in [-0.1, -0.05) is 121 Å². The van der Waals surface area contributed by atoms with Crippen molar-refractivity contribution in [2.24, 2.45) is 0 Å². The molecule has 0 saturated heterocycles. The summed E-state index contributed by atoms with van der Waals surface area (Å²) in [6.07, 6.45) is 0. The largest absolute Gasteiger partial charge is 0.456 e. The number of furan rings is 2. The minimum atomic E-state index is 0.565. The zero-order valence-electron chi connectivity index (χ0n) is 30.3. The average molecular weight is 748 g/mol. The van der Waals surface area contributed by atoms with E-state index in [0.29, 0.717) is 17.5 Å². The van der Waals surface area contributed by atoms with Crippen LogP contribution in [0.4, 0.5) is 0 Å². The molecule has 5 nitrogen and oxygen atoms in total. The molecule has 0 N–H and O–H groups in total. The van der Waals surface area contributed by atoms with Crippen LogP contribution in [0.3, 0.4) is 0 Å². The topological polar surface area (TPSA) is 65.0 Å². The molecule has 0 amide bonds. The second-order valence-corrected chi connectivity index (χ2v) is 15.4. The summed E-state index contributed by atoms with van der Waals surface area (Å²) in [5, 5.41) is 6.83. The van der Waals surface area contributed by atoms with E-state index in [1.807, 2.05) is 72.0 Å². The molecular weight excluding hydrogens is 719 g/mol. The van der Waals surface area contributed by atoms with E-state index in [0.717, 1.165) is 71.7 Å². The quantitative estimate of drug-likeness (QED) is 0.175. The highest BCUT2D eigenvalue weighted by molar-refractivity contribution is 7.25. The van der Waals surface area contributed by atoms with Gasteiger partial charge < -0.3 is 8.83 Å². The highest BCUT2D eigenvalue weighted by Gasteiger charge is 2.18. The number of rotatable bonds is 5. The Bertz CT molecular complexity index is 3540. The van der Waals surface area contributed by atoms with E-state index in [9.17, 15) is 0 Å². The van der Waals surface area contributed by atoms with Gasteiger partial charge in [0.05, 0.1) is 0 Å². The van der Waals surface area contributed by atoms with Crippen molar-refractivity contribution in [3.8, 4) is 56.4 Å². The molecule has 6 heteroatoms. The Morgan fingerprint density at radius 1 is 0.316 bits per heavy atom. The molecule has 0 aliphatic carbocycles. The number of nitrogens with zero attached hydrogens (tertiary/aromatic N) is 3. The molecule has 12 aromatic rings. The molecule has 4 heterocycles. The van der Waals surface area contributed by atoms with E-state index in [1.165, 1.54) is 31.3 Å². The molecule has 0 aliphatic heterocycles. The van der Waals surface area contributed by atoms with E-state index in [-0.39, 0.29) is 0 Å². The fraction of sp³-hybridized carbons (Fsp3) is 0. The maximum absolute atomic E-state index is 6.66. The maximum Gasteiger partial charge on any atom is 0.164 e. The van der Waals surface area contributed by atoms with Gasteiger partial charge in [-0.3, -0.25) is 0 Å². The maximum atomic E-state index is 6.66. The predicted molar refractivity (Wildman–Crippen MR) is 234 cm³/mol. The fourth-order valence-electron chi connectivity index (χ4n) is 8.27. The van der Waals surface area contributed by atoms with Gasteiger partial charge in [-0.25, -0.2) is 15.0 Å². The summed E-state index contributed by atoms with van der Waals surface area (Å²) >= 11 is 1.84. The number of fused-ring (bicyclic) bond motifs is 9. The number of benzene rings is 8. The third kappa shape index (κ3) is 5.19. The monoisotopic (exact) mass is 747 g/mol. The Balaban J connectivity index is 0.969. The zero-order chi connectivity index (χ0) is 37.5. The number of hydrogen-bond acceptors (Lipinski definition) is 6. The first-order chi connectivity index (χ1) is 28.2. The standard InChI is InChI=1S/C51H29N3O2S/c1-2-11-30(12-3-1)49-52-50(32-22-25-37-36-15-6-8-18-42(36)55-44(37)28-32)54-51(53-49)33-23-26-39-38-24-21-31(27-43(38)56-45(39)29-33)34-13-4-5-14-35(34)40-17-10-20-47-48(40)41-16-7-9-19-46(41)57-47/h1-29H. The lowest BCUT2D eigenvalue weighted by atomic mass is 9.91. The highest BCUT2D eigenvalue weighted by atomic mass is 32.1. The predicted octanol–water partition coefficient (Wildman–Crippen LogP) is 14.4. The van der Waals surface area contributed by atoms with Crippen LogP contribution in [0, 0.1) is 0 Å². The van der Waals surface area contributed by atoms with Crippen molar-refractivity contribution in [2.45, 2.75) is 0 Å². The first kappa shape index (κ1) is 31.9. The smallest absolute Gasteiger partial charge is 0.164 e. The van der Waals surface area contributed by atoms with Gasteiger partial charge in [0.15, 0.2) is 17.5 Å². The van der Waals surface area contributed by atoms with Gasteiger partial charge in [0, 0.05) is 58.4 Å². The van der Waals surface area contributed by atoms with Gasteiger partial charge in [-0.15, -0.1) is 11.3 Å². The van der Waals surface area contributed by atoms with Crippen LogP contribution in [-0.2, 0) is 0 Å². The summed E-state index contributed by atoms with van der Waals surface area (Å²) in [5.41, 5.74) is 10.5. The van der Waals surface area contributed by atoms with E-state index < -0.39 is 0 Å². The average Bonchev–Trinajstić information content (AvgIpc) is 3.97. The van der Waals surface area contributed by atoms with Crippen molar-refractivity contribution >= 4 is 75.4 Å². The minimum Gasteiger partial charge on any atom is -0.456 e. The zero-order valence-corrected chi connectivity index (χ0v) is 31.1. The molecule has 12 rings (SSSR count). The number of thiophene rings is 1. The number of para-hydroxylation sites is 1. The normalized spacial score (nSPS) is 11.9. The van der Waals surface area contributed by atoms with Gasteiger partial charge in [-0.2, -0.15) is 0 Å². The lowest BCUT2D eigenvalue weighted by Gasteiger charge is -2.12. The van der Waals surface area contributed by atoms with Crippen molar-refractivity contribution < 1.29 is 8.83 Å². The lowest BCUT2D eigenvalue weighted by Crippen LogP contribution is -2.00. The molecule has 57 heavy (non-hydrogen) atoms. The minimum absolute atomic E-state index is 0.565. The lowest BCUT2D eigenvalue weighted by molar-refractivity contribution is 0.669. The van der Waals surface area contributed by atoms with Gasteiger partial charge >= 0.3 is 0 Å². The van der Waals surface area contributed by atoms with Crippen LogP contribution in [0.2, 0.25) is 0 Å². The van der Waals surface area contributed by atoms with Crippen LogP contribution in [-0.4, -0.2) is 15.0 Å². The molecular formula is C51H29N3O2S. The molecule has 0 fully saturated rings. The van der Waals surface area contributed by atoms with Crippen molar-refractivity contribution in [1.82, 2.24) is 15.0 Å². The molecule has 0 saturated carbocycles. The van der Waals surface area contributed by atoms with Crippen LogP contribution >= 0.6 is 11.3 Å². The fourth-order valence-corrected chi connectivity index (χ4v) is 9.40. The Morgan fingerprint density at radius 2 is 0.807 bits per heavy atom. The van der Waals surface area contributed by atoms with Crippen molar-refractivity contribution in [3.63, 3.8) is 0 Å². The number of aromatic nitrogens is 3. The number of hydrogen-bond donors (Lipinski definition) is 0. The molecule has 4 aromatic heterocycles. The van der Waals surface area contributed by atoms with Crippen LogP contribution in [0.1, 0.15) is 0 Å². The summed E-state index contributed by atoms with van der Waals surface area (Å²) in [5.74, 6) is 1.73. The van der Waals surface area contributed by atoms with Gasteiger partial charge in [0.1, 0.15) is 22.3 Å². The van der Waals surface area contributed by atoms with E-state index in [1.54, 1.807) is 0 Å². The Hall–Kier alpha value is -7.41. The summed E-state index contributed by atoms with van der Waals surface area (Å²) in [6, 6.07) is 61.0. The summed E-state index contributed by atoms with van der Waals surface area (Å²) < 4.78 is 15.5. The summed E-state index contributed by atoms with van der Waals surface area (Å²) in [7, 11) is 0. The molecule has 0 atom stereocenters. The summed E-state index contributed by atoms with van der Waals surface area (Å²) in [4.78, 5) is 15.0. The first-order valence-corrected chi connectivity index (χ1v) is 19.7. The van der Waals surface area contributed by atoms with Crippen molar-refractivity contribution in [2.75, 3.05) is 0 Å². The van der Waals surface area contributed by atoms with E-state index in [2.05, 4.69) is 115 Å². The SMILES string of the molecule is c1ccc(-c2nc(-c3ccc4c(c3)oc3ccccc34)nc(-c3ccc4c(c3)oc3cc(-c5ccccc5-c5cccc6sc7ccccc7c56)ccc34)n2)cc1. The molecule has 8 aromatic carbocycles. The third-order valence-corrected chi connectivity index (χ3v) is 12.1. The molecule has 0 radical (unpaired) electrons. The third-order valence-electron chi connectivity index (χ3n) is 11.0. The van der Waals surface area contributed by atoms with Crippen LogP contribution in [0.5, 0.6) is 0 Å². The van der Waals surface area contributed by atoms with Gasteiger partial charge in [-0.05, 0) is 76.9 Å².